The van der Waals surface area contributed by atoms with Crippen LogP contribution in [0.1, 0.15) is 83.9 Å². The third-order valence-electron chi connectivity index (χ3n) is 10.8. The molecular formula is C44H44N6O4. The van der Waals surface area contributed by atoms with Gasteiger partial charge in [0.25, 0.3) is 11.8 Å². The zero-order valence-corrected chi connectivity index (χ0v) is 30.0. The number of H-pyrrole nitrogens is 2. The van der Waals surface area contributed by atoms with Crippen LogP contribution in [0.3, 0.4) is 0 Å². The van der Waals surface area contributed by atoms with E-state index in [-0.39, 0.29) is 23.9 Å². The van der Waals surface area contributed by atoms with Gasteiger partial charge in [0, 0.05) is 13.1 Å². The summed E-state index contributed by atoms with van der Waals surface area (Å²) in [5.41, 5.74) is 7.50. The van der Waals surface area contributed by atoms with Crippen LogP contribution in [0.2, 0.25) is 0 Å². The molecule has 54 heavy (non-hydrogen) atoms. The molecule has 4 aromatic carbocycles. The topological polar surface area (TPSA) is 138 Å². The number of nitrogens with one attached hydrogen (secondary N) is 2. The lowest BCUT2D eigenvalue weighted by atomic mass is 10.0. The molecule has 0 radical (unpaired) electrons. The molecule has 2 fully saturated rings. The van der Waals surface area contributed by atoms with Crippen LogP contribution >= 0.6 is 0 Å². The van der Waals surface area contributed by atoms with Gasteiger partial charge >= 0.3 is 0 Å². The largest absolute Gasteiger partial charge is 0.378 e. The maximum Gasteiger partial charge on any atom is 0.256 e. The van der Waals surface area contributed by atoms with Crippen molar-refractivity contribution in [2.24, 2.45) is 0 Å². The first kappa shape index (κ1) is 35.2. The van der Waals surface area contributed by atoms with Gasteiger partial charge in [-0.25, -0.2) is 9.97 Å². The van der Waals surface area contributed by atoms with Crippen LogP contribution in [-0.2, 0) is 22.4 Å². The van der Waals surface area contributed by atoms with E-state index in [1.165, 1.54) is 11.1 Å². The lowest BCUT2D eigenvalue weighted by molar-refractivity contribution is -0.142. The number of aliphatic hydroxyl groups excluding tert-OH is 2. The fourth-order valence-corrected chi connectivity index (χ4v) is 7.80. The summed E-state index contributed by atoms with van der Waals surface area (Å²) in [6, 6.07) is 34.7. The summed E-state index contributed by atoms with van der Waals surface area (Å²) in [6.07, 6.45) is 6.37. The molecule has 8 rings (SSSR count). The van der Waals surface area contributed by atoms with Crippen molar-refractivity contribution in [2.75, 3.05) is 13.1 Å². The molecule has 2 aromatic heterocycles. The second kappa shape index (κ2) is 15.6. The number of hydrogen-bond acceptors (Lipinski definition) is 6. The normalized spacial score (nSPS) is 18.2. The molecule has 2 aliphatic rings. The Morgan fingerprint density at radius 3 is 1.37 bits per heavy atom. The highest BCUT2D eigenvalue weighted by atomic mass is 16.3. The molecule has 4 atom stereocenters. The SMILES string of the molecule is O=C([C@H](O)c1ccccc1)N1CCC[C@H]1c1ncc(-c2ccc(CCc3ccc(-c4cnc([C@@H]5CCCN5C(=O)[C@H](O)c5ccccc5)[nH]4)cc3)cc2)[nH]1. The van der Waals surface area contributed by atoms with Crippen LogP contribution in [0, 0.1) is 0 Å². The summed E-state index contributed by atoms with van der Waals surface area (Å²) in [5.74, 6) is 0.893. The van der Waals surface area contributed by atoms with Gasteiger partial charge in [0.2, 0.25) is 0 Å². The van der Waals surface area contributed by atoms with Gasteiger partial charge in [0.1, 0.15) is 11.6 Å². The highest BCUT2D eigenvalue weighted by Crippen LogP contribution is 2.35. The zero-order valence-electron chi connectivity index (χ0n) is 30.0. The van der Waals surface area contributed by atoms with E-state index < -0.39 is 12.2 Å². The van der Waals surface area contributed by atoms with Gasteiger partial charge in [0.05, 0.1) is 35.9 Å². The van der Waals surface area contributed by atoms with E-state index in [1.54, 1.807) is 34.1 Å². The van der Waals surface area contributed by atoms with Gasteiger partial charge in [-0.05, 0) is 71.9 Å². The Hall–Kier alpha value is -5.84. The van der Waals surface area contributed by atoms with E-state index in [0.717, 1.165) is 72.7 Å². The number of benzene rings is 4. The maximum atomic E-state index is 13.2. The van der Waals surface area contributed by atoms with Crippen molar-refractivity contribution in [3.05, 3.63) is 155 Å². The third kappa shape index (κ3) is 7.35. The predicted molar refractivity (Wildman–Crippen MR) is 206 cm³/mol. The number of aliphatic hydroxyl groups is 2. The molecule has 2 amide bonds. The number of nitrogens with zero attached hydrogens (tertiary/aromatic N) is 4. The Kier molecular flexibility index (Phi) is 10.2. The van der Waals surface area contributed by atoms with E-state index in [1.807, 2.05) is 48.8 Å². The smallest absolute Gasteiger partial charge is 0.256 e. The molecule has 4 heterocycles. The van der Waals surface area contributed by atoms with Gasteiger partial charge in [-0.2, -0.15) is 0 Å². The molecule has 274 valence electrons. The van der Waals surface area contributed by atoms with Gasteiger partial charge < -0.3 is 30.0 Å². The lowest BCUT2D eigenvalue weighted by Crippen LogP contribution is -2.35. The second-order valence-electron chi connectivity index (χ2n) is 14.3. The number of imidazole rings is 2. The average Bonchev–Trinajstić information content (AvgIpc) is 4.07. The molecule has 2 aliphatic heterocycles. The summed E-state index contributed by atoms with van der Waals surface area (Å²) in [5, 5.41) is 21.5. The standard InChI is InChI=1S/C44H44N6O4/c51-39(33-9-3-1-4-10-33)43(53)49-25-7-13-37(49)41-45-27-35(47-41)31-21-17-29(18-22-31)15-16-30-19-23-32(24-20-30)36-28-46-42(48-36)38-14-8-26-50(38)44(54)40(52)34-11-5-2-6-12-34/h1-6,9-12,17-24,27-28,37-40,51-52H,7-8,13-16,25-26H2,(H,45,47)(H,46,48)/t37-,38-,39+,40+/m0/s1. The van der Waals surface area contributed by atoms with Crippen molar-refractivity contribution in [3.63, 3.8) is 0 Å². The average molecular weight is 721 g/mol. The molecule has 0 aliphatic carbocycles. The maximum absolute atomic E-state index is 13.2. The number of aryl methyl sites for hydroxylation is 2. The number of hydrogen-bond donors (Lipinski definition) is 4. The van der Waals surface area contributed by atoms with Gasteiger partial charge in [0.15, 0.2) is 12.2 Å². The van der Waals surface area contributed by atoms with Gasteiger partial charge in [-0.1, -0.05) is 109 Å². The van der Waals surface area contributed by atoms with Crippen molar-refractivity contribution in [2.45, 2.75) is 62.8 Å². The van der Waals surface area contributed by atoms with Crippen LogP contribution < -0.4 is 0 Å². The molecule has 10 heteroatoms. The van der Waals surface area contributed by atoms with Crippen molar-refractivity contribution < 1.29 is 19.8 Å². The Bertz CT molecular complexity index is 2020. The van der Waals surface area contributed by atoms with Gasteiger partial charge in [-0.15, -0.1) is 0 Å². The minimum atomic E-state index is -1.19. The lowest BCUT2D eigenvalue weighted by Gasteiger charge is -2.25. The van der Waals surface area contributed by atoms with Crippen molar-refractivity contribution >= 4 is 11.8 Å². The number of aromatic nitrogens is 4. The molecular weight excluding hydrogens is 677 g/mol. The number of amides is 2. The third-order valence-corrected chi connectivity index (χ3v) is 10.8. The van der Waals surface area contributed by atoms with Crippen molar-refractivity contribution in [1.29, 1.82) is 0 Å². The first-order valence-electron chi connectivity index (χ1n) is 18.8. The van der Waals surface area contributed by atoms with E-state index in [2.05, 4.69) is 68.5 Å². The van der Waals surface area contributed by atoms with Crippen LogP contribution in [0.15, 0.2) is 122 Å². The van der Waals surface area contributed by atoms with Crippen LogP contribution in [0.4, 0.5) is 0 Å². The summed E-state index contributed by atoms with van der Waals surface area (Å²) >= 11 is 0. The first-order chi connectivity index (χ1) is 26.4. The van der Waals surface area contributed by atoms with Crippen molar-refractivity contribution in [1.82, 2.24) is 29.7 Å². The summed E-state index contributed by atoms with van der Waals surface area (Å²) in [7, 11) is 0. The minimum absolute atomic E-state index is 0.195. The highest BCUT2D eigenvalue weighted by Gasteiger charge is 2.36. The Morgan fingerprint density at radius 2 is 0.981 bits per heavy atom. The zero-order chi connectivity index (χ0) is 37.0. The molecule has 0 bridgehead atoms. The van der Waals surface area contributed by atoms with Crippen LogP contribution in [0.5, 0.6) is 0 Å². The number of aromatic amines is 2. The quantitative estimate of drug-likeness (QED) is 0.113. The first-order valence-corrected chi connectivity index (χ1v) is 18.8. The Labute approximate surface area is 314 Å². The van der Waals surface area contributed by atoms with E-state index in [4.69, 9.17) is 0 Å². The molecule has 0 saturated carbocycles. The molecule has 0 unspecified atom stereocenters. The molecule has 4 N–H and O–H groups in total. The molecule has 0 spiro atoms. The molecule has 2 saturated heterocycles. The monoisotopic (exact) mass is 720 g/mol. The number of carbonyl (C=O) groups excluding carboxylic acids is 2. The Balaban J connectivity index is 0.857. The summed E-state index contributed by atoms with van der Waals surface area (Å²) in [4.78, 5) is 46.1. The summed E-state index contributed by atoms with van der Waals surface area (Å²) in [6.45, 7) is 1.19. The van der Waals surface area contributed by atoms with E-state index in [9.17, 15) is 19.8 Å². The molecule has 6 aromatic rings. The fraction of sp³-hybridized carbons (Fsp3) is 0.273. The summed E-state index contributed by atoms with van der Waals surface area (Å²) < 4.78 is 0. The fourth-order valence-electron chi connectivity index (χ4n) is 7.80. The van der Waals surface area contributed by atoms with Crippen LogP contribution in [0.25, 0.3) is 22.5 Å². The highest BCUT2D eigenvalue weighted by molar-refractivity contribution is 5.83. The van der Waals surface area contributed by atoms with E-state index >= 15 is 0 Å². The number of rotatable bonds is 11. The minimum Gasteiger partial charge on any atom is -0.378 e. The number of likely N-dealkylation sites (tertiary alicyclic amines) is 2. The Morgan fingerprint density at radius 1 is 0.593 bits per heavy atom. The van der Waals surface area contributed by atoms with Crippen molar-refractivity contribution in [3.8, 4) is 22.5 Å². The van der Waals surface area contributed by atoms with Gasteiger partial charge in [-0.3, -0.25) is 9.59 Å². The van der Waals surface area contributed by atoms with E-state index in [0.29, 0.717) is 24.2 Å². The second-order valence-corrected chi connectivity index (χ2v) is 14.3. The molecule has 10 nitrogen and oxygen atoms in total. The number of carbonyl (C=O) groups is 2. The predicted octanol–water partition coefficient (Wildman–Crippen LogP) is 7.05. The van der Waals surface area contributed by atoms with Crippen LogP contribution in [-0.4, -0.2) is 64.9 Å².